The maximum absolute atomic E-state index is 12.4. The van der Waals surface area contributed by atoms with Gasteiger partial charge in [0.15, 0.2) is 0 Å². The predicted octanol–water partition coefficient (Wildman–Crippen LogP) is 3.68. The molecule has 0 aliphatic carbocycles. The van der Waals surface area contributed by atoms with Gasteiger partial charge in [0.1, 0.15) is 0 Å². The Morgan fingerprint density at radius 2 is 1.66 bits per heavy atom. The lowest BCUT2D eigenvalue weighted by atomic mass is 10.1. The highest BCUT2D eigenvalue weighted by Gasteiger charge is 2.11. The van der Waals surface area contributed by atoms with Crippen LogP contribution in [0.5, 0.6) is 0 Å². The van der Waals surface area contributed by atoms with Gasteiger partial charge in [-0.25, -0.2) is 4.79 Å². The molecule has 8 heteroatoms. The largest absolute Gasteiger partial charge is 0.355 e. The first kappa shape index (κ1) is 20.1. The maximum Gasteiger partial charge on any atom is 0.324 e. The van der Waals surface area contributed by atoms with Gasteiger partial charge < -0.3 is 16.0 Å². The summed E-state index contributed by atoms with van der Waals surface area (Å²) in [4.78, 5) is 36.6. The van der Waals surface area contributed by atoms with Crippen molar-refractivity contribution in [2.75, 3.05) is 17.7 Å². The third-order valence-electron chi connectivity index (χ3n) is 3.97. The summed E-state index contributed by atoms with van der Waals surface area (Å²) in [6.45, 7) is 0.290. The zero-order valence-corrected chi connectivity index (χ0v) is 16.5. The van der Waals surface area contributed by atoms with Crippen LogP contribution in [0.3, 0.4) is 0 Å². The van der Waals surface area contributed by atoms with Crippen molar-refractivity contribution in [1.82, 2.24) is 10.6 Å². The van der Waals surface area contributed by atoms with E-state index in [1.807, 2.05) is 24.3 Å². The molecule has 2 aromatic carbocycles. The molecule has 0 spiro atoms. The Kier molecular flexibility index (Phi) is 6.59. The molecule has 0 unspecified atom stereocenters. The van der Waals surface area contributed by atoms with E-state index in [1.165, 1.54) is 11.3 Å². The number of amides is 4. The van der Waals surface area contributed by atoms with Crippen LogP contribution in [0.25, 0.3) is 0 Å². The van der Waals surface area contributed by atoms with Gasteiger partial charge in [-0.2, -0.15) is 0 Å². The predicted molar refractivity (Wildman–Crippen MR) is 114 cm³/mol. The van der Waals surface area contributed by atoms with Crippen molar-refractivity contribution in [3.05, 3.63) is 82.7 Å². The Hall–Kier alpha value is -3.65. The van der Waals surface area contributed by atoms with Gasteiger partial charge in [-0.3, -0.25) is 14.9 Å². The summed E-state index contributed by atoms with van der Waals surface area (Å²) >= 11 is 1.18. The number of benzene rings is 2. The van der Waals surface area contributed by atoms with Gasteiger partial charge in [0, 0.05) is 24.8 Å². The summed E-state index contributed by atoms with van der Waals surface area (Å²) in [7, 11) is 1.57. The van der Waals surface area contributed by atoms with E-state index >= 15 is 0 Å². The van der Waals surface area contributed by atoms with E-state index in [9.17, 15) is 14.4 Å². The highest BCUT2D eigenvalue weighted by Crippen LogP contribution is 2.22. The molecule has 0 aliphatic rings. The Bertz CT molecular complexity index is 1020. The lowest BCUT2D eigenvalue weighted by Gasteiger charge is -2.06. The molecule has 0 saturated heterocycles. The summed E-state index contributed by atoms with van der Waals surface area (Å²) in [6.07, 6.45) is 0. The molecule has 0 radical (unpaired) electrons. The first-order valence-electron chi connectivity index (χ1n) is 8.87. The Balaban J connectivity index is 1.54. The molecule has 7 nitrogen and oxygen atoms in total. The molecule has 29 heavy (non-hydrogen) atoms. The SMILES string of the molecule is CNC(=O)c1cccc(CNC(=O)c2ccc(NC(=O)Nc3ccccc3)s2)c1. The van der Waals surface area contributed by atoms with E-state index in [4.69, 9.17) is 0 Å². The fourth-order valence-electron chi connectivity index (χ4n) is 2.56. The van der Waals surface area contributed by atoms with Crippen LogP contribution in [0.1, 0.15) is 25.6 Å². The average Bonchev–Trinajstić information content (AvgIpc) is 3.20. The van der Waals surface area contributed by atoms with E-state index in [0.717, 1.165) is 5.56 Å². The number of carbonyl (C=O) groups is 3. The fraction of sp³-hybridized carbons (Fsp3) is 0.0952. The second kappa shape index (κ2) is 9.52. The molecule has 3 aromatic rings. The Morgan fingerprint density at radius 1 is 0.862 bits per heavy atom. The van der Waals surface area contributed by atoms with Crippen molar-refractivity contribution < 1.29 is 14.4 Å². The van der Waals surface area contributed by atoms with Crippen LogP contribution in [0.4, 0.5) is 15.5 Å². The monoisotopic (exact) mass is 408 g/mol. The maximum atomic E-state index is 12.4. The van der Waals surface area contributed by atoms with E-state index in [0.29, 0.717) is 27.7 Å². The number of nitrogens with one attached hydrogen (secondary N) is 4. The van der Waals surface area contributed by atoms with Gasteiger partial charge in [-0.15, -0.1) is 11.3 Å². The Morgan fingerprint density at radius 3 is 2.41 bits per heavy atom. The van der Waals surface area contributed by atoms with Crippen molar-refractivity contribution in [3.8, 4) is 0 Å². The lowest BCUT2D eigenvalue weighted by molar-refractivity contribution is 0.0952. The number of urea groups is 1. The molecule has 1 heterocycles. The quantitative estimate of drug-likeness (QED) is 0.501. The van der Waals surface area contributed by atoms with Crippen LogP contribution in [-0.4, -0.2) is 24.9 Å². The zero-order chi connectivity index (χ0) is 20.6. The minimum absolute atomic E-state index is 0.180. The number of hydrogen-bond donors (Lipinski definition) is 4. The summed E-state index contributed by atoms with van der Waals surface area (Å²) < 4.78 is 0. The number of thiophene rings is 1. The van der Waals surface area contributed by atoms with Crippen LogP contribution in [0.2, 0.25) is 0 Å². The zero-order valence-electron chi connectivity index (χ0n) is 15.7. The molecule has 4 N–H and O–H groups in total. The fourth-order valence-corrected chi connectivity index (χ4v) is 3.38. The van der Waals surface area contributed by atoms with Gasteiger partial charge in [0.05, 0.1) is 9.88 Å². The first-order chi connectivity index (χ1) is 14.0. The van der Waals surface area contributed by atoms with Crippen LogP contribution in [-0.2, 0) is 6.54 Å². The highest BCUT2D eigenvalue weighted by atomic mass is 32.1. The van der Waals surface area contributed by atoms with E-state index in [-0.39, 0.29) is 17.8 Å². The van der Waals surface area contributed by atoms with Crippen molar-refractivity contribution >= 4 is 39.9 Å². The van der Waals surface area contributed by atoms with Crippen LogP contribution in [0, 0.1) is 0 Å². The smallest absolute Gasteiger partial charge is 0.324 e. The molecule has 3 rings (SSSR count). The number of carbonyl (C=O) groups excluding carboxylic acids is 3. The van der Waals surface area contributed by atoms with Crippen molar-refractivity contribution in [2.24, 2.45) is 0 Å². The number of para-hydroxylation sites is 1. The molecule has 1 aromatic heterocycles. The number of hydrogen-bond acceptors (Lipinski definition) is 4. The van der Waals surface area contributed by atoms with Crippen molar-refractivity contribution in [2.45, 2.75) is 6.54 Å². The molecule has 148 valence electrons. The van der Waals surface area contributed by atoms with Gasteiger partial charge in [0.2, 0.25) is 0 Å². The van der Waals surface area contributed by atoms with Crippen LogP contribution >= 0.6 is 11.3 Å². The van der Waals surface area contributed by atoms with Gasteiger partial charge in [-0.05, 0) is 42.0 Å². The lowest BCUT2D eigenvalue weighted by Crippen LogP contribution is -2.22. The second-order valence-corrected chi connectivity index (χ2v) is 7.16. The van der Waals surface area contributed by atoms with Gasteiger partial charge >= 0.3 is 6.03 Å². The third kappa shape index (κ3) is 5.66. The summed E-state index contributed by atoms with van der Waals surface area (Å²) in [5.74, 6) is -0.433. The summed E-state index contributed by atoms with van der Waals surface area (Å²) in [6, 6.07) is 19.1. The normalized spacial score (nSPS) is 10.1. The number of rotatable bonds is 6. The van der Waals surface area contributed by atoms with Gasteiger partial charge in [0.25, 0.3) is 11.8 Å². The number of anilines is 2. The first-order valence-corrected chi connectivity index (χ1v) is 9.69. The van der Waals surface area contributed by atoms with E-state index in [2.05, 4.69) is 21.3 Å². The standard InChI is InChI=1S/C21H20N4O3S/c1-22-19(26)15-7-5-6-14(12-15)13-23-20(27)17-10-11-18(29-17)25-21(28)24-16-8-3-2-4-9-16/h2-12H,13H2,1H3,(H,22,26)(H,23,27)(H2,24,25,28). The van der Waals surface area contributed by atoms with Crippen molar-refractivity contribution in [3.63, 3.8) is 0 Å². The molecular weight excluding hydrogens is 388 g/mol. The third-order valence-corrected chi connectivity index (χ3v) is 4.97. The molecule has 0 aliphatic heterocycles. The Labute approximate surface area is 172 Å². The molecule has 0 fully saturated rings. The van der Waals surface area contributed by atoms with E-state index in [1.54, 1.807) is 49.5 Å². The average molecular weight is 408 g/mol. The summed E-state index contributed by atoms with van der Waals surface area (Å²) in [5.41, 5.74) is 2.03. The van der Waals surface area contributed by atoms with Crippen LogP contribution < -0.4 is 21.3 Å². The van der Waals surface area contributed by atoms with E-state index < -0.39 is 0 Å². The molecule has 0 bridgehead atoms. The van der Waals surface area contributed by atoms with Crippen LogP contribution in [0.15, 0.2) is 66.7 Å². The molecule has 4 amide bonds. The molecule has 0 saturated carbocycles. The minimum atomic E-state index is -0.379. The molecule has 0 atom stereocenters. The molecular formula is C21H20N4O3S. The second-order valence-electron chi connectivity index (χ2n) is 6.07. The topological polar surface area (TPSA) is 99.3 Å². The van der Waals surface area contributed by atoms with Gasteiger partial charge in [-0.1, -0.05) is 30.3 Å². The van der Waals surface area contributed by atoms with Crippen molar-refractivity contribution in [1.29, 1.82) is 0 Å². The highest BCUT2D eigenvalue weighted by molar-refractivity contribution is 7.18. The summed E-state index contributed by atoms with van der Waals surface area (Å²) in [5, 5.41) is 11.4. The minimum Gasteiger partial charge on any atom is -0.355 e.